The molecule has 32 heavy (non-hydrogen) atoms. The van der Waals surface area contributed by atoms with Crippen molar-refractivity contribution in [3.8, 4) is 11.8 Å². The highest BCUT2D eigenvalue weighted by atomic mass is 79.9. The summed E-state index contributed by atoms with van der Waals surface area (Å²) in [5, 5.41) is 26.6. The second-order valence-corrected chi connectivity index (χ2v) is 6.82. The van der Waals surface area contributed by atoms with Crippen LogP contribution in [0.1, 0.15) is 10.4 Å². The second kappa shape index (κ2) is 9.57. The van der Waals surface area contributed by atoms with Crippen molar-refractivity contribution in [2.45, 2.75) is 0 Å². The predicted octanol–water partition coefficient (Wildman–Crippen LogP) is 3.81. The number of anilines is 1. The monoisotopic (exact) mass is 502 g/mol. The molecule has 0 radical (unpaired) electrons. The first-order chi connectivity index (χ1) is 15.2. The van der Waals surface area contributed by atoms with Gasteiger partial charge in [0.25, 0.3) is 11.6 Å². The Hall–Kier alpha value is -4.46. The van der Waals surface area contributed by atoms with Crippen molar-refractivity contribution < 1.29 is 24.2 Å². The summed E-state index contributed by atoms with van der Waals surface area (Å²) in [5.74, 6) is -1.20. The number of rotatable bonds is 6. The zero-order valence-corrected chi connectivity index (χ0v) is 17.3. The topological polar surface area (TPSA) is 179 Å². The van der Waals surface area contributed by atoms with Gasteiger partial charge >= 0.3 is 17.7 Å². The Morgan fingerprint density at radius 2 is 1.62 bits per heavy atom. The van der Waals surface area contributed by atoms with Crippen LogP contribution in [0.2, 0.25) is 0 Å². The number of nitro benzene ring substituents is 2. The summed E-state index contributed by atoms with van der Waals surface area (Å²) in [6.07, 6.45) is 2.78. The predicted molar refractivity (Wildman–Crippen MR) is 112 cm³/mol. The van der Waals surface area contributed by atoms with Crippen LogP contribution in [0.15, 0.2) is 59.3 Å². The number of halogens is 1. The maximum atomic E-state index is 12.2. The van der Waals surface area contributed by atoms with Gasteiger partial charge in [-0.2, -0.15) is 0 Å². The molecule has 14 heteroatoms. The zero-order valence-electron chi connectivity index (χ0n) is 15.7. The van der Waals surface area contributed by atoms with E-state index in [1.807, 2.05) is 5.32 Å². The van der Waals surface area contributed by atoms with Crippen LogP contribution in [0.3, 0.4) is 0 Å². The van der Waals surface area contributed by atoms with Gasteiger partial charge in [-0.05, 0) is 34.1 Å². The molecule has 3 rings (SSSR count). The molecule has 0 aliphatic carbocycles. The number of hydrogen-bond acceptors (Lipinski definition) is 9. The van der Waals surface area contributed by atoms with E-state index < -0.39 is 33.2 Å². The number of imide groups is 1. The highest BCUT2D eigenvalue weighted by molar-refractivity contribution is 9.10. The Bertz CT molecular complexity index is 1220. The van der Waals surface area contributed by atoms with Crippen molar-refractivity contribution in [3.05, 3.63) is 85.1 Å². The van der Waals surface area contributed by atoms with Crippen molar-refractivity contribution in [3.63, 3.8) is 0 Å². The molecule has 0 spiro atoms. The van der Waals surface area contributed by atoms with Gasteiger partial charge < -0.3 is 10.1 Å². The Morgan fingerprint density at radius 3 is 2.28 bits per heavy atom. The number of urea groups is 1. The van der Waals surface area contributed by atoms with E-state index in [-0.39, 0.29) is 23.0 Å². The first-order valence-corrected chi connectivity index (χ1v) is 9.33. The fourth-order valence-corrected chi connectivity index (χ4v) is 2.64. The number of nitrogens with one attached hydrogen (secondary N) is 2. The molecule has 0 saturated heterocycles. The number of carbonyl (C=O) groups excluding carboxylic acids is 2. The molecular formula is C18H11BrN6O7. The van der Waals surface area contributed by atoms with Gasteiger partial charge in [-0.15, -0.1) is 0 Å². The molecule has 162 valence electrons. The van der Waals surface area contributed by atoms with E-state index in [1.54, 1.807) is 0 Å². The molecule has 0 unspecified atom stereocenters. The summed E-state index contributed by atoms with van der Waals surface area (Å²) >= 11 is 3.15. The van der Waals surface area contributed by atoms with Crippen molar-refractivity contribution >= 4 is 44.9 Å². The maximum absolute atomic E-state index is 12.2. The summed E-state index contributed by atoms with van der Waals surface area (Å²) in [7, 11) is 0. The zero-order chi connectivity index (χ0) is 23.3. The normalized spacial score (nSPS) is 10.2. The number of amides is 3. The number of benzene rings is 2. The van der Waals surface area contributed by atoms with Gasteiger partial charge in [0.15, 0.2) is 0 Å². The van der Waals surface area contributed by atoms with E-state index >= 15 is 0 Å². The van der Waals surface area contributed by atoms with Crippen molar-refractivity contribution in [2.75, 3.05) is 5.32 Å². The van der Waals surface area contributed by atoms with Crippen LogP contribution >= 0.6 is 15.9 Å². The fraction of sp³-hybridized carbons (Fsp3) is 0. The smallest absolute Gasteiger partial charge is 0.326 e. The van der Waals surface area contributed by atoms with Crippen molar-refractivity contribution in [1.29, 1.82) is 0 Å². The minimum absolute atomic E-state index is 0.0337. The molecule has 3 aromatic rings. The number of aromatic nitrogens is 2. The first kappa shape index (κ1) is 22.2. The van der Waals surface area contributed by atoms with Crippen LogP contribution < -0.4 is 15.4 Å². The SMILES string of the molecule is O=C(NC(=O)c1ccccc1[N+](=O)[O-])Nc1ccc(Oc2ncc(Br)cn2)c([N+](=O)[O-])c1. The molecule has 0 bridgehead atoms. The molecule has 1 heterocycles. The maximum Gasteiger partial charge on any atom is 0.326 e. The second-order valence-electron chi connectivity index (χ2n) is 5.91. The van der Waals surface area contributed by atoms with E-state index in [1.165, 1.54) is 42.7 Å². The minimum Gasteiger partial charge on any atom is -0.417 e. The summed E-state index contributed by atoms with van der Waals surface area (Å²) in [4.78, 5) is 53.0. The highest BCUT2D eigenvalue weighted by Crippen LogP contribution is 2.32. The number of nitro groups is 2. The first-order valence-electron chi connectivity index (χ1n) is 8.54. The third-order valence-electron chi connectivity index (χ3n) is 3.78. The van der Waals surface area contributed by atoms with Crippen LogP contribution in [0.25, 0.3) is 0 Å². The Morgan fingerprint density at radius 1 is 0.969 bits per heavy atom. The highest BCUT2D eigenvalue weighted by Gasteiger charge is 2.22. The minimum atomic E-state index is -1.05. The van der Waals surface area contributed by atoms with Gasteiger partial charge in [0.05, 0.1) is 14.3 Å². The fourth-order valence-electron chi connectivity index (χ4n) is 2.43. The Labute approximate surface area is 186 Å². The van der Waals surface area contributed by atoms with Crippen LogP contribution in [0.4, 0.5) is 21.9 Å². The molecule has 1 aromatic heterocycles. The standard InChI is InChI=1S/C18H11BrN6O7/c19-10-8-20-18(21-9-10)32-15-6-5-11(7-14(15)25(30)31)22-17(27)23-16(26)12-3-1-2-4-13(12)24(28)29/h1-9H,(H2,22,23,26,27). The van der Waals surface area contributed by atoms with Crippen LogP contribution in [-0.2, 0) is 0 Å². The summed E-state index contributed by atoms with van der Waals surface area (Å²) in [6.45, 7) is 0. The summed E-state index contributed by atoms with van der Waals surface area (Å²) < 4.78 is 5.90. The lowest BCUT2D eigenvalue weighted by molar-refractivity contribution is -0.385. The number of carbonyl (C=O) groups is 2. The van der Waals surface area contributed by atoms with E-state index in [2.05, 4.69) is 31.2 Å². The van der Waals surface area contributed by atoms with Gasteiger partial charge in [0.1, 0.15) is 5.56 Å². The van der Waals surface area contributed by atoms with Crippen LogP contribution in [0, 0.1) is 20.2 Å². The number of para-hydroxylation sites is 1. The average Bonchev–Trinajstić information content (AvgIpc) is 2.76. The van der Waals surface area contributed by atoms with Crippen molar-refractivity contribution in [2.24, 2.45) is 0 Å². The molecule has 3 amide bonds. The molecular weight excluding hydrogens is 492 g/mol. The molecule has 0 fully saturated rings. The average molecular weight is 503 g/mol. The van der Waals surface area contributed by atoms with Gasteiger partial charge in [-0.1, -0.05) is 12.1 Å². The van der Waals surface area contributed by atoms with Gasteiger partial charge in [-0.3, -0.25) is 30.3 Å². The Balaban J connectivity index is 1.74. The molecule has 2 N–H and O–H groups in total. The quantitative estimate of drug-likeness (QED) is 0.374. The van der Waals surface area contributed by atoms with Crippen LogP contribution in [-0.4, -0.2) is 31.8 Å². The third kappa shape index (κ3) is 5.37. The molecule has 0 aliphatic rings. The molecule has 0 atom stereocenters. The van der Waals surface area contributed by atoms with Crippen molar-refractivity contribution in [1.82, 2.24) is 15.3 Å². The number of ether oxygens (including phenoxy) is 1. The van der Waals surface area contributed by atoms with E-state index in [0.29, 0.717) is 4.47 Å². The van der Waals surface area contributed by atoms with E-state index in [9.17, 15) is 29.8 Å². The number of nitrogens with zero attached hydrogens (tertiary/aromatic N) is 4. The molecule has 0 saturated carbocycles. The lowest BCUT2D eigenvalue weighted by Gasteiger charge is -2.09. The summed E-state index contributed by atoms with van der Waals surface area (Å²) in [5.41, 5.74) is -1.34. The molecule has 0 aliphatic heterocycles. The number of hydrogen-bond donors (Lipinski definition) is 2. The lowest BCUT2D eigenvalue weighted by Crippen LogP contribution is -2.34. The van der Waals surface area contributed by atoms with Crippen LogP contribution in [0.5, 0.6) is 11.8 Å². The molecule has 2 aromatic carbocycles. The summed E-state index contributed by atoms with van der Waals surface area (Å²) in [6, 6.07) is 7.39. The van der Waals surface area contributed by atoms with Gasteiger partial charge in [0, 0.05) is 30.2 Å². The van der Waals surface area contributed by atoms with E-state index in [4.69, 9.17) is 4.74 Å². The Kier molecular flexibility index (Phi) is 6.65. The van der Waals surface area contributed by atoms with E-state index in [0.717, 1.165) is 12.1 Å². The van der Waals surface area contributed by atoms with Gasteiger partial charge in [0.2, 0.25) is 5.75 Å². The largest absolute Gasteiger partial charge is 0.417 e. The lowest BCUT2D eigenvalue weighted by atomic mass is 10.1. The molecule has 13 nitrogen and oxygen atoms in total. The van der Waals surface area contributed by atoms with Gasteiger partial charge in [-0.25, -0.2) is 14.8 Å². The third-order valence-corrected chi connectivity index (χ3v) is 4.19.